The molecule has 0 fully saturated rings. The number of nitrogens with zero attached hydrogens (tertiary/aromatic N) is 3. The second-order valence-electron chi connectivity index (χ2n) is 4.56. The van der Waals surface area contributed by atoms with Crippen LogP contribution in [0.2, 0.25) is 0 Å². The Morgan fingerprint density at radius 3 is 2.50 bits per heavy atom. The van der Waals surface area contributed by atoms with Gasteiger partial charge in [0.25, 0.3) is 10.0 Å². The maximum atomic E-state index is 12.8. The second-order valence-corrected chi connectivity index (χ2v) is 6.50. The van der Waals surface area contributed by atoms with Gasteiger partial charge in [-0.25, -0.2) is 13.0 Å². The molecule has 0 aliphatic carbocycles. The summed E-state index contributed by atoms with van der Waals surface area (Å²) in [4.78, 5) is 0.0459. The molecule has 0 N–H and O–H groups in total. The van der Waals surface area contributed by atoms with Crippen molar-refractivity contribution in [1.82, 2.24) is 10.3 Å². The van der Waals surface area contributed by atoms with Crippen LogP contribution in [0, 0.1) is 0 Å². The fourth-order valence-electron chi connectivity index (χ4n) is 2.07. The number of ether oxygens (including phenoxy) is 1. The lowest BCUT2D eigenvalue weighted by Gasteiger charge is -2.19. The number of rotatable bonds is 4. The fourth-order valence-corrected chi connectivity index (χ4v) is 3.40. The van der Waals surface area contributed by atoms with Crippen LogP contribution < -0.4 is 9.04 Å². The van der Waals surface area contributed by atoms with Gasteiger partial charge in [-0.1, -0.05) is 6.07 Å². The maximum Gasteiger partial charge on any atom is 0.266 e. The molecular weight excluding hydrogens is 306 g/mol. The van der Waals surface area contributed by atoms with Crippen LogP contribution in [-0.2, 0) is 10.0 Å². The lowest BCUT2D eigenvalue weighted by atomic mass is 10.3. The molecule has 0 aliphatic rings. The van der Waals surface area contributed by atoms with Gasteiger partial charge in [0, 0.05) is 7.05 Å². The second kappa shape index (κ2) is 5.30. The van der Waals surface area contributed by atoms with E-state index in [0.29, 0.717) is 17.0 Å². The molecule has 2 aromatic carbocycles. The Kier molecular flexibility index (Phi) is 3.45. The van der Waals surface area contributed by atoms with Gasteiger partial charge in [0.15, 0.2) is 5.52 Å². The van der Waals surface area contributed by atoms with Crippen molar-refractivity contribution in [2.75, 3.05) is 18.5 Å². The molecule has 3 aromatic rings. The summed E-state index contributed by atoms with van der Waals surface area (Å²) in [5.74, 6) is 0.650. The number of anilines is 1. The van der Waals surface area contributed by atoms with E-state index in [2.05, 4.69) is 14.9 Å². The van der Waals surface area contributed by atoms with Crippen LogP contribution in [0.1, 0.15) is 0 Å². The predicted molar refractivity (Wildman–Crippen MR) is 80.4 cm³/mol. The Balaban J connectivity index is 2.06. The first-order valence-corrected chi connectivity index (χ1v) is 7.82. The summed E-state index contributed by atoms with van der Waals surface area (Å²) >= 11 is 0. The molecule has 0 spiro atoms. The van der Waals surface area contributed by atoms with Gasteiger partial charge in [0.1, 0.15) is 16.2 Å². The quantitative estimate of drug-likeness (QED) is 0.731. The molecule has 0 unspecified atom stereocenters. The molecule has 1 aromatic heterocycles. The van der Waals surface area contributed by atoms with E-state index >= 15 is 0 Å². The number of hydrogen-bond acceptors (Lipinski definition) is 6. The zero-order valence-corrected chi connectivity index (χ0v) is 12.7. The molecule has 0 saturated heterocycles. The lowest BCUT2D eigenvalue weighted by molar-refractivity contribution is 0.315. The van der Waals surface area contributed by atoms with Gasteiger partial charge < -0.3 is 4.74 Å². The molecule has 22 heavy (non-hydrogen) atoms. The van der Waals surface area contributed by atoms with Gasteiger partial charge in [-0.05, 0) is 46.7 Å². The van der Waals surface area contributed by atoms with Gasteiger partial charge in [-0.2, -0.15) is 0 Å². The van der Waals surface area contributed by atoms with Crippen molar-refractivity contribution in [3.63, 3.8) is 0 Å². The van der Waals surface area contributed by atoms with Crippen LogP contribution in [0.15, 0.2) is 52.0 Å². The molecule has 0 bridgehead atoms. The molecule has 8 heteroatoms. The monoisotopic (exact) mass is 319 g/mol. The highest BCUT2D eigenvalue weighted by Crippen LogP contribution is 2.27. The molecule has 7 nitrogen and oxygen atoms in total. The maximum absolute atomic E-state index is 12.8. The Bertz CT molecular complexity index is 903. The zero-order chi connectivity index (χ0) is 15.7. The number of hydrogen-bond donors (Lipinski definition) is 0. The van der Waals surface area contributed by atoms with Gasteiger partial charge in [0.05, 0.1) is 12.8 Å². The average Bonchev–Trinajstić information content (AvgIpc) is 3.02. The minimum absolute atomic E-state index is 0.0459. The van der Waals surface area contributed by atoms with E-state index < -0.39 is 10.0 Å². The summed E-state index contributed by atoms with van der Waals surface area (Å²) in [7, 11) is -0.753. The summed E-state index contributed by atoms with van der Waals surface area (Å²) in [5.41, 5.74) is 1.11. The van der Waals surface area contributed by atoms with Crippen molar-refractivity contribution in [2.45, 2.75) is 4.90 Å². The van der Waals surface area contributed by atoms with E-state index in [-0.39, 0.29) is 10.4 Å². The highest BCUT2D eigenvalue weighted by Gasteiger charge is 2.25. The first-order valence-electron chi connectivity index (χ1n) is 6.38. The molecule has 3 rings (SSSR count). The first-order chi connectivity index (χ1) is 10.5. The highest BCUT2D eigenvalue weighted by molar-refractivity contribution is 7.93. The minimum atomic E-state index is -3.78. The Morgan fingerprint density at radius 2 is 1.82 bits per heavy atom. The van der Waals surface area contributed by atoms with Crippen molar-refractivity contribution >= 4 is 26.7 Å². The molecular formula is C14H13N3O4S. The molecule has 114 valence electrons. The van der Waals surface area contributed by atoms with Gasteiger partial charge in [-0.15, -0.1) is 0 Å². The van der Waals surface area contributed by atoms with E-state index in [4.69, 9.17) is 4.74 Å². The summed E-state index contributed by atoms with van der Waals surface area (Å²) in [6, 6.07) is 11.4. The molecule has 0 atom stereocenters. The molecule has 0 aliphatic heterocycles. The van der Waals surface area contributed by atoms with Crippen LogP contribution in [0.25, 0.3) is 11.0 Å². The Labute approximate surface area is 127 Å². The van der Waals surface area contributed by atoms with E-state index in [1.165, 1.54) is 17.4 Å². The normalized spacial score (nSPS) is 11.5. The smallest absolute Gasteiger partial charge is 0.266 e. The van der Waals surface area contributed by atoms with E-state index in [9.17, 15) is 8.42 Å². The Hall–Kier alpha value is -2.61. The highest BCUT2D eigenvalue weighted by atomic mass is 32.2. The number of methoxy groups -OCH3 is 1. The average molecular weight is 319 g/mol. The van der Waals surface area contributed by atoms with Gasteiger partial charge in [0.2, 0.25) is 0 Å². The lowest BCUT2D eigenvalue weighted by Crippen LogP contribution is -2.26. The van der Waals surface area contributed by atoms with Crippen LogP contribution in [0.4, 0.5) is 5.69 Å². The third-order valence-corrected chi connectivity index (χ3v) is 5.14. The standard InChI is InChI=1S/C14H13N3O4S/c1-17(10-6-8-11(20-2)9-7-10)22(18,19)13-5-3-4-12-14(13)16-21-15-12/h3-9H,1-2H3. The van der Waals surface area contributed by atoms with Gasteiger partial charge in [-0.3, -0.25) is 4.31 Å². The van der Waals surface area contributed by atoms with Crippen molar-refractivity contribution < 1.29 is 17.8 Å². The summed E-state index contributed by atoms with van der Waals surface area (Å²) in [6.07, 6.45) is 0. The van der Waals surface area contributed by atoms with Crippen LogP contribution in [0.5, 0.6) is 5.75 Å². The number of fused-ring (bicyclic) bond motifs is 1. The SMILES string of the molecule is COc1ccc(N(C)S(=O)(=O)c2cccc3nonc23)cc1. The largest absolute Gasteiger partial charge is 0.497 e. The molecule has 1 heterocycles. The zero-order valence-electron chi connectivity index (χ0n) is 11.9. The summed E-state index contributed by atoms with van der Waals surface area (Å²) in [5, 5.41) is 7.34. The summed E-state index contributed by atoms with van der Waals surface area (Å²) in [6.45, 7) is 0. The third-order valence-electron chi connectivity index (χ3n) is 3.32. The van der Waals surface area contributed by atoms with E-state index in [0.717, 1.165) is 0 Å². The third kappa shape index (κ3) is 2.27. The van der Waals surface area contributed by atoms with Crippen molar-refractivity contribution in [3.8, 4) is 5.75 Å². The molecule has 0 radical (unpaired) electrons. The predicted octanol–water partition coefficient (Wildman–Crippen LogP) is 2.06. The fraction of sp³-hybridized carbons (Fsp3) is 0.143. The Morgan fingerprint density at radius 1 is 1.09 bits per heavy atom. The summed E-state index contributed by atoms with van der Waals surface area (Å²) < 4.78 is 36.4. The van der Waals surface area contributed by atoms with Crippen molar-refractivity contribution in [1.29, 1.82) is 0 Å². The number of aromatic nitrogens is 2. The van der Waals surface area contributed by atoms with E-state index in [1.54, 1.807) is 43.5 Å². The molecule has 0 amide bonds. The number of sulfonamides is 1. The van der Waals surface area contributed by atoms with Crippen molar-refractivity contribution in [2.24, 2.45) is 0 Å². The topological polar surface area (TPSA) is 85.5 Å². The van der Waals surface area contributed by atoms with Crippen molar-refractivity contribution in [3.05, 3.63) is 42.5 Å². The van der Waals surface area contributed by atoms with E-state index in [1.807, 2.05) is 0 Å². The van der Waals surface area contributed by atoms with Crippen LogP contribution in [0.3, 0.4) is 0 Å². The number of benzene rings is 2. The molecule has 0 saturated carbocycles. The first kappa shape index (κ1) is 14.3. The van der Waals surface area contributed by atoms with Gasteiger partial charge >= 0.3 is 0 Å². The minimum Gasteiger partial charge on any atom is -0.497 e. The van der Waals surface area contributed by atoms with Crippen LogP contribution in [-0.4, -0.2) is 32.9 Å². The van der Waals surface area contributed by atoms with Crippen LogP contribution >= 0.6 is 0 Å².